The van der Waals surface area contributed by atoms with Crippen molar-refractivity contribution < 1.29 is 0 Å². The highest BCUT2D eigenvalue weighted by molar-refractivity contribution is 5.59. The number of aliphatic imine (C=N–C) groups is 1. The van der Waals surface area contributed by atoms with E-state index >= 15 is 0 Å². The van der Waals surface area contributed by atoms with E-state index in [2.05, 4.69) is 17.3 Å². The van der Waals surface area contributed by atoms with Crippen LogP contribution in [-0.2, 0) is 0 Å². The van der Waals surface area contributed by atoms with Gasteiger partial charge in [-0.15, -0.1) is 12.3 Å². The van der Waals surface area contributed by atoms with Crippen molar-refractivity contribution in [3.05, 3.63) is 30.3 Å². The van der Waals surface area contributed by atoms with E-state index < -0.39 is 0 Å². The molecule has 0 aliphatic heterocycles. The van der Waals surface area contributed by atoms with E-state index in [1.807, 2.05) is 51.1 Å². The molecular weight excluding hydrogens is 170 g/mol. The van der Waals surface area contributed by atoms with Crippen LogP contribution in [0.15, 0.2) is 35.3 Å². The van der Waals surface area contributed by atoms with Crippen LogP contribution in [0.5, 0.6) is 0 Å². The fraction of sp³-hybridized carbons (Fsp3) is 0.308. The van der Waals surface area contributed by atoms with E-state index in [0.717, 1.165) is 5.69 Å². The van der Waals surface area contributed by atoms with E-state index in [0.29, 0.717) is 0 Å². The van der Waals surface area contributed by atoms with Crippen molar-refractivity contribution in [3.8, 4) is 12.3 Å². The lowest BCUT2D eigenvalue weighted by atomic mass is 10.3. The van der Waals surface area contributed by atoms with Crippen molar-refractivity contribution in [2.24, 2.45) is 4.99 Å². The zero-order chi connectivity index (χ0) is 11.2. The average molecular weight is 189 g/mol. The first-order valence-electron chi connectivity index (χ1n) is 4.76. The molecule has 1 nitrogen and oxygen atoms in total. The fourth-order valence-corrected chi connectivity index (χ4v) is 0.663. The minimum Gasteiger partial charge on any atom is -0.262 e. The van der Waals surface area contributed by atoms with Crippen molar-refractivity contribution in [2.45, 2.75) is 27.7 Å². The van der Waals surface area contributed by atoms with Crippen LogP contribution in [0.3, 0.4) is 0 Å². The van der Waals surface area contributed by atoms with Gasteiger partial charge in [-0.05, 0) is 26.0 Å². The quantitative estimate of drug-likeness (QED) is 0.466. The Kier molecular flexibility index (Phi) is 14.9. The molecular formula is C13H19N. The van der Waals surface area contributed by atoms with Gasteiger partial charge in [0, 0.05) is 6.21 Å². The average Bonchev–Trinajstić information content (AvgIpc) is 2.24. The summed E-state index contributed by atoms with van der Waals surface area (Å²) in [6.45, 7) is 7.56. The predicted octanol–water partition coefficient (Wildman–Crippen LogP) is 4.07. The Morgan fingerprint density at radius 3 is 2.00 bits per heavy atom. The van der Waals surface area contributed by atoms with E-state index in [4.69, 9.17) is 0 Å². The predicted molar refractivity (Wildman–Crippen MR) is 66.1 cm³/mol. The minimum absolute atomic E-state index is 1.01. The van der Waals surface area contributed by atoms with Gasteiger partial charge in [0.2, 0.25) is 0 Å². The van der Waals surface area contributed by atoms with Gasteiger partial charge >= 0.3 is 0 Å². The molecule has 0 bridgehead atoms. The molecule has 0 N–H and O–H groups in total. The van der Waals surface area contributed by atoms with Crippen LogP contribution in [0.2, 0.25) is 0 Å². The van der Waals surface area contributed by atoms with E-state index in [-0.39, 0.29) is 0 Å². The normalized spacial score (nSPS) is 7.64. The molecule has 14 heavy (non-hydrogen) atoms. The summed E-state index contributed by atoms with van der Waals surface area (Å²) in [5.41, 5.74) is 1.01. The van der Waals surface area contributed by atoms with Crippen LogP contribution >= 0.6 is 0 Å². The number of hydrogen-bond acceptors (Lipinski definition) is 1. The molecule has 0 fully saturated rings. The van der Waals surface area contributed by atoms with Gasteiger partial charge in [0.05, 0.1) is 5.69 Å². The highest BCUT2D eigenvalue weighted by Crippen LogP contribution is 2.07. The third-order valence-corrected chi connectivity index (χ3v) is 1.03. The summed E-state index contributed by atoms with van der Waals surface area (Å²) in [5, 5.41) is 0. The van der Waals surface area contributed by atoms with Crippen LogP contribution in [0.25, 0.3) is 0 Å². The molecule has 0 aromatic heterocycles. The Labute approximate surface area is 87.9 Å². The Morgan fingerprint density at radius 1 is 1.21 bits per heavy atom. The SMILES string of the molecule is C#CC.CC.CC=Nc1ccccc1. The Hall–Kier alpha value is -1.55. The molecule has 0 heterocycles. The van der Waals surface area contributed by atoms with E-state index in [1.165, 1.54) is 0 Å². The first kappa shape index (κ1) is 14.9. The number of terminal acetylenes is 1. The number of hydrogen-bond donors (Lipinski definition) is 0. The van der Waals surface area contributed by atoms with Crippen molar-refractivity contribution >= 4 is 11.9 Å². The topological polar surface area (TPSA) is 12.4 Å². The molecule has 0 amide bonds. The van der Waals surface area contributed by atoms with Gasteiger partial charge in [0.25, 0.3) is 0 Å². The molecule has 0 saturated carbocycles. The number of para-hydroxylation sites is 1. The standard InChI is InChI=1S/C8H9N.C3H4.C2H6/c1-2-9-8-6-4-3-5-7-8;1-3-2;1-2/h2-7H,1H3;1H,2H3;1-2H3. The third-order valence-electron chi connectivity index (χ3n) is 1.03. The maximum absolute atomic E-state index is 4.60. The maximum atomic E-state index is 4.60. The molecule has 0 saturated heterocycles. The van der Waals surface area contributed by atoms with Crippen LogP contribution in [0.1, 0.15) is 27.7 Å². The zero-order valence-electron chi connectivity index (χ0n) is 9.49. The van der Waals surface area contributed by atoms with Gasteiger partial charge in [-0.2, -0.15) is 0 Å². The first-order valence-corrected chi connectivity index (χ1v) is 4.76. The van der Waals surface area contributed by atoms with Crippen molar-refractivity contribution in [2.75, 3.05) is 0 Å². The summed E-state index contributed by atoms with van der Waals surface area (Å²) in [4.78, 5) is 4.08. The molecule has 1 heteroatoms. The maximum Gasteiger partial charge on any atom is 0.0625 e. The second-order valence-corrected chi connectivity index (χ2v) is 2.01. The summed E-state index contributed by atoms with van der Waals surface area (Å²) in [6.07, 6.45) is 6.38. The lowest BCUT2D eigenvalue weighted by Crippen LogP contribution is -1.61. The molecule has 1 rings (SSSR count). The molecule has 1 aromatic rings. The second kappa shape index (κ2) is 14.0. The summed E-state index contributed by atoms with van der Waals surface area (Å²) >= 11 is 0. The van der Waals surface area contributed by atoms with Crippen LogP contribution < -0.4 is 0 Å². The third kappa shape index (κ3) is 10.4. The van der Waals surface area contributed by atoms with Crippen molar-refractivity contribution in [1.82, 2.24) is 0 Å². The monoisotopic (exact) mass is 189 g/mol. The van der Waals surface area contributed by atoms with Crippen LogP contribution in [0, 0.1) is 12.3 Å². The molecule has 0 radical (unpaired) electrons. The van der Waals surface area contributed by atoms with Gasteiger partial charge in [-0.3, -0.25) is 4.99 Å². The van der Waals surface area contributed by atoms with Crippen LogP contribution in [-0.4, -0.2) is 6.21 Å². The van der Waals surface area contributed by atoms with Gasteiger partial charge in [-0.1, -0.05) is 32.0 Å². The smallest absolute Gasteiger partial charge is 0.0625 e. The number of benzene rings is 1. The Bertz CT molecular complexity index is 254. The number of rotatable bonds is 1. The minimum atomic E-state index is 1.01. The van der Waals surface area contributed by atoms with E-state index in [9.17, 15) is 0 Å². The Balaban J connectivity index is 0. The van der Waals surface area contributed by atoms with Crippen molar-refractivity contribution in [1.29, 1.82) is 0 Å². The largest absolute Gasteiger partial charge is 0.262 e. The summed E-state index contributed by atoms with van der Waals surface area (Å²) < 4.78 is 0. The highest BCUT2D eigenvalue weighted by atomic mass is 14.7. The summed E-state index contributed by atoms with van der Waals surface area (Å²) in [7, 11) is 0. The summed E-state index contributed by atoms with van der Waals surface area (Å²) in [5.74, 6) is 2.25. The van der Waals surface area contributed by atoms with Gasteiger partial charge in [-0.25, -0.2) is 0 Å². The number of nitrogens with zero attached hydrogens (tertiary/aromatic N) is 1. The second-order valence-electron chi connectivity index (χ2n) is 2.01. The molecule has 76 valence electrons. The fourth-order valence-electron chi connectivity index (χ4n) is 0.663. The van der Waals surface area contributed by atoms with Crippen molar-refractivity contribution in [3.63, 3.8) is 0 Å². The molecule has 0 atom stereocenters. The first-order chi connectivity index (χ1) is 6.85. The molecule has 0 unspecified atom stereocenters. The Morgan fingerprint density at radius 2 is 1.64 bits per heavy atom. The zero-order valence-corrected chi connectivity index (χ0v) is 9.49. The van der Waals surface area contributed by atoms with E-state index in [1.54, 1.807) is 13.1 Å². The lowest BCUT2D eigenvalue weighted by molar-refractivity contribution is 1.50. The molecule has 0 aliphatic carbocycles. The van der Waals surface area contributed by atoms with Gasteiger partial charge in [0.15, 0.2) is 0 Å². The van der Waals surface area contributed by atoms with Crippen LogP contribution in [0.4, 0.5) is 5.69 Å². The molecule has 0 aliphatic rings. The summed E-state index contributed by atoms with van der Waals surface area (Å²) in [6, 6.07) is 9.87. The van der Waals surface area contributed by atoms with Gasteiger partial charge < -0.3 is 0 Å². The molecule has 1 aromatic carbocycles. The molecule has 0 spiro atoms. The lowest BCUT2D eigenvalue weighted by Gasteiger charge is -1.86. The highest BCUT2D eigenvalue weighted by Gasteiger charge is 1.78. The van der Waals surface area contributed by atoms with Gasteiger partial charge in [0.1, 0.15) is 0 Å².